The highest BCUT2D eigenvalue weighted by Gasteiger charge is 2.39. The fourth-order valence-corrected chi connectivity index (χ4v) is 5.53. The maximum atomic E-state index is 6.77. The van der Waals surface area contributed by atoms with Gasteiger partial charge in [0.1, 0.15) is 5.60 Å². The molecule has 0 radical (unpaired) electrons. The van der Waals surface area contributed by atoms with E-state index < -0.39 is 14.4 Å². The molecule has 0 saturated carbocycles. The van der Waals surface area contributed by atoms with E-state index in [2.05, 4.69) is 72.8 Å². The fraction of sp³-hybridized carbons (Fsp3) is 0.280. The van der Waals surface area contributed by atoms with Crippen molar-refractivity contribution in [2.75, 3.05) is 27.9 Å². The van der Waals surface area contributed by atoms with Crippen LogP contribution in [0.25, 0.3) is 0 Å². The van der Waals surface area contributed by atoms with Gasteiger partial charge in [0.05, 0.1) is 0 Å². The Balaban J connectivity index is 1.97. The first-order valence-corrected chi connectivity index (χ1v) is 12.1. The first kappa shape index (κ1) is 22.4. The number of rotatable bonds is 11. The van der Waals surface area contributed by atoms with Crippen LogP contribution in [0.2, 0.25) is 6.04 Å². The lowest BCUT2D eigenvalue weighted by molar-refractivity contribution is 0.0108. The van der Waals surface area contributed by atoms with Gasteiger partial charge in [0.15, 0.2) is 0 Å². The van der Waals surface area contributed by atoms with Crippen molar-refractivity contribution in [3.05, 3.63) is 108 Å². The number of benzene rings is 3. The average molecular weight is 423 g/mol. The molecular formula is C25H30O4Si. The predicted octanol–water partition coefficient (Wildman–Crippen LogP) is 5.26. The molecule has 3 aromatic rings. The van der Waals surface area contributed by atoms with Crippen LogP contribution >= 0.6 is 0 Å². The lowest BCUT2D eigenvalue weighted by atomic mass is 9.80. The lowest BCUT2D eigenvalue weighted by Gasteiger charge is -2.36. The predicted molar refractivity (Wildman–Crippen MR) is 121 cm³/mol. The van der Waals surface area contributed by atoms with E-state index in [1.54, 1.807) is 21.3 Å². The Labute approximate surface area is 180 Å². The van der Waals surface area contributed by atoms with Crippen LogP contribution in [0.15, 0.2) is 91.0 Å². The minimum atomic E-state index is -2.63. The van der Waals surface area contributed by atoms with E-state index in [0.717, 1.165) is 23.1 Å². The van der Waals surface area contributed by atoms with Gasteiger partial charge in [-0.2, -0.15) is 0 Å². The highest BCUT2D eigenvalue weighted by atomic mass is 28.4. The molecule has 0 aliphatic carbocycles. The zero-order valence-electron chi connectivity index (χ0n) is 17.9. The van der Waals surface area contributed by atoms with Crippen LogP contribution in [-0.2, 0) is 23.6 Å². The molecule has 0 atom stereocenters. The van der Waals surface area contributed by atoms with Crippen molar-refractivity contribution in [3.8, 4) is 0 Å². The number of hydrogen-bond acceptors (Lipinski definition) is 4. The van der Waals surface area contributed by atoms with Gasteiger partial charge in [-0.05, 0) is 23.1 Å². The Kier molecular flexibility index (Phi) is 7.96. The molecule has 3 rings (SSSR count). The van der Waals surface area contributed by atoms with Gasteiger partial charge >= 0.3 is 8.80 Å². The summed E-state index contributed by atoms with van der Waals surface area (Å²) < 4.78 is 23.5. The monoisotopic (exact) mass is 422 g/mol. The zero-order valence-corrected chi connectivity index (χ0v) is 18.9. The van der Waals surface area contributed by atoms with Crippen molar-refractivity contribution in [2.24, 2.45) is 0 Å². The summed E-state index contributed by atoms with van der Waals surface area (Å²) in [7, 11) is 2.29. The molecule has 0 heterocycles. The van der Waals surface area contributed by atoms with Gasteiger partial charge in [-0.25, -0.2) is 0 Å². The number of ether oxygens (including phenoxy) is 1. The summed E-state index contributed by atoms with van der Waals surface area (Å²) in [6.07, 6.45) is 0.760. The molecule has 0 aromatic heterocycles. The lowest BCUT2D eigenvalue weighted by Crippen LogP contribution is -2.43. The largest absolute Gasteiger partial charge is 0.500 e. The maximum Gasteiger partial charge on any atom is 0.500 e. The molecule has 5 heteroatoms. The van der Waals surface area contributed by atoms with Crippen molar-refractivity contribution < 1.29 is 18.0 Å². The van der Waals surface area contributed by atoms with E-state index in [-0.39, 0.29) is 0 Å². The van der Waals surface area contributed by atoms with E-state index in [9.17, 15) is 0 Å². The first-order chi connectivity index (χ1) is 14.7. The van der Waals surface area contributed by atoms with Gasteiger partial charge < -0.3 is 18.0 Å². The quantitative estimate of drug-likeness (QED) is 0.240. The summed E-state index contributed by atoms with van der Waals surface area (Å²) in [5.74, 6) is 0. The Morgan fingerprint density at radius 3 is 1.30 bits per heavy atom. The van der Waals surface area contributed by atoms with Crippen LogP contribution in [0.1, 0.15) is 23.1 Å². The van der Waals surface area contributed by atoms with Crippen molar-refractivity contribution in [1.82, 2.24) is 0 Å². The van der Waals surface area contributed by atoms with Crippen LogP contribution in [0.5, 0.6) is 0 Å². The molecule has 158 valence electrons. The molecule has 0 unspecified atom stereocenters. The second-order valence-corrected chi connectivity index (χ2v) is 10.1. The summed E-state index contributed by atoms with van der Waals surface area (Å²) in [5, 5.41) is 0. The summed E-state index contributed by atoms with van der Waals surface area (Å²) in [4.78, 5) is 0. The van der Waals surface area contributed by atoms with Crippen molar-refractivity contribution >= 4 is 8.80 Å². The van der Waals surface area contributed by atoms with Crippen molar-refractivity contribution in [1.29, 1.82) is 0 Å². The Morgan fingerprint density at radius 2 is 0.967 bits per heavy atom. The fourth-order valence-electron chi connectivity index (χ4n) is 3.84. The van der Waals surface area contributed by atoms with Crippen LogP contribution in [0.3, 0.4) is 0 Å². The molecule has 4 nitrogen and oxygen atoms in total. The molecule has 0 bridgehead atoms. The standard InChI is InChI=1S/C25H30O4Si/c1-26-30(27-2,28-3)21-13-20-29-25(22-14-7-4-8-15-22,23-16-9-5-10-17-23)24-18-11-6-12-19-24/h4-12,14-19H,13,20-21H2,1-3H3. The highest BCUT2D eigenvalue weighted by Crippen LogP contribution is 2.40. The zero-order chi connectivity index (χ0) is 21.3. The van der Waals surface area contributed by atoms with Crippen LogP contribution in [-0.4, -0.2) is 36.7 Å². The molecule has 0 N–H and O–H groups in total. The van der Waals surface area contributed by atoms with E-state index in [0.29, 0.717) is 12.7 Å². The average Bonchev–Trinajstić information content (AvgIpc) is 2.84. The van der Waals surface area contributed by atoms with Crippen molar-refractivity contribution in [3.63, 3.8) is 0 Å². The summed E-state index contributed by atoms with van der Waals surface area (Å²) in [5.41, 5.74) is 2.57. The van der Waals surface area contributed by atoms with Crippen molar-refractivity contribution in [2.45, 2.75) is 18.1 Å². The summed E-state index contributed by atoms with van der Waals surface area (Å²) in [6, 6.07) is 31.8. The Bertz CT molecular complexity index is 762. The second kappa shape index (κ2) is 10.7. The first-order valence-electron chi connectivity index (χ1n) is 10.2. The van der Waals surface area contributed by atoms with Crippen LogP contribution in [0, 0.1) is 0 Å². The molecule has 0 aliphatic heterocycles. The smallest absolute Gasteiger partial charge is 0.377 e. The molecule has 3 aromatic carbocycles. The van der Waals surface area contributed by atoms with Crippen LogP contribution < -0.4 is 0 Å². The Morgan fingerprint density at radius 1 is 0.600 bits per heavy atom. The molecule has 0 spiro atoms. The van der Waals surface area contributed by atoms with Gasteiger partial charge in [0.2, 0.25) is 0 Å². The molecule has 30 heavy (non-hydrogen) atoms. The van der Waals surface area contributed by atoms with Gasteiger partial charge in [-0.3, -0.25) is 0 Å². The third kappa shape index (κ3) is 4.72. The van der Waals surface area contributed by atoms with E-state index in [4.69, 9.17) is 18.0 Å². The molecule has 0 fully saturated rings. The van der Waals surface area contributed by atoms with Gasteiger partial charge in [0, 0.05) is 34.0 Å². The highest BCUT2D eigenvalue weighted by molar-refractivity contribution is 6.60. The SMILES string of the molecule is CO[Si](CCCOC(c1ccccc1)(c1ccccc1)c1ccccc1)(OC)OC. The van der Waals surface area contributed by atoms with Gasteiger partial charge in [-0.15, -0.1) is 0 Å². The third-order valence-electron chi connectivity index (χ3n) is 5.42. The van der Waals surface area contributed by atoms with Gasteiger partial charge in [-0.1, -0.05) is 91.0 Å². The normalized spacial score (nSPS) is 12.1. The minimum absolute atomic E-state index is 0.531. The molecule has 0 saturated heterocycles. The molecular weight excluding hydrogens is 392 g/mol. The Hall–Kier alpha value is -2.28. The number of hydrogen-bond donors (Lipinski definition) is 0. The summed E-state index contributed by atoms with van der Waals surface area (Å²) in [6.45, 7) is 0.531. The third-order valence-corrected chi connectivity index (χ3v) is 8.25. The second-order valence-electron chi connectivity index (χ2n) is 7.03. The molecule has 0 amide bonds. The van der Waals surface area contributed by atoms with E-state index in [1.165, 1.54) is 0 Å². The molecule has 0 aliphatic rings. The maximum absolute atomic E-state index is 6.77. The minimum Gasteiger partial charge on any atom is -0.377 e. The summed E-state index contributed by atoms with van der Waals surface area (Å²) >= 11 is 0. The van der Waals surface area contributed by atoms with Gasteiger partial charge in [0.25, 0.3) is 0 Å². The topological polar surface area (TPSA) is 36.9 Å². The van der Waals surface area contributed by atoms with E-state index >= 15 is 0 Å². The van der Waals surface area contributed by atoms with E-state index in [1.807, 2.05) is 18.2 Å². The van der Waals surface area contributed by atoms with Crippen LogP contribution in [0.4, 0.5) is 0 Å².